The highest BCUT2D eigenvalue weighted by molar-refractivity contribution is 5.32. The predicted octanol–water partition coefficient (Wildman–Crippen LogP) is 2.87. The Labute approximate surface area is 121 Å². The van der Waals surface area contributed by atoms with Gasteiger partial charge in [-0.05, 0) is 37.1 Å². The number of nitrogens with zero attached hydrogens (tertiary/aromatic N) is 2. The molecule has 21 heavy (non-hydrogen) atoms. The summed E-state index contributed by atoms with van der Waals surface area (Å²) in [6.45, 7) is 0.690. The molecule has 0 spiro atoms. The number of halogens is 3. The molecule has 114 valence electrons. The number of aliphatic hydroxyl groups is 1. The Morgan fingerprint density at radius 3 is 2.57 bits per heavy atom. The van der Waals surface area contributed by atoms with Crippen molar-refractivity contribution in [2.75, 3.05) is 19.6 Å². The third-order valence-electron chi connectivity index (χ3n) is 3.82. The van der Waals surface area contributed by atoms with Crippen LogP contribution in [0.2, 0.25) is 0 Å². The average molecular weight is 298 g/mol. The molecule has 2 unspecified atom stereocenters. The second-order valence-corrected chi connectivity index (χ2v) is 5.39. The summed E-state index contributed by atoms with van der Waals surface area (Å²) in [6.07, 6.45) is -4.36. The van der Waals surface area contributed by atoms with Crippen LogP contribution in [0.1, 0.15) is 30.1 Å². The number of hydrogen-bond donors (Lipinski definition) is 1. The van der Waals surface area contributed by atoms with E-state index in [0.717, 1.165) is 0 Å². The number of aliphatic hydroxyl groups excluding tert-OH is 1. The van der Waals surface area contributed by atoms with Crippen LogP contribution in [0.3, 0.4) is 0 Å². The van der Waals surface area contributed by atoms with Crippen LogP contribution in [0.4, 0.5) is 13.2 Å². The molecule has 1 N–H and O–H groups in total. The third kappa shape index (κ3) is 4.19. The van der Waals surface area contributed by atoms with Crippen LogP contribution in [0.5, 0.6) is 0 Å². The van der Waals surface area contributed by atoms with Crippen molar-refractivity contribution in [2.45, 2.75) is 25.1 Å². The molecule has 0 amide bonds. The number of rotatable bonds is 3. The van der Waals surface area contributed by atoms with Gasteiger partial charge in [-0.25, -0.2) is 0 Å². The minimum atomic E-state index is -4.17. The number of benzene rings is 1. The maximum Gasteiger partial charge on any atom is 0.393 e. The van der Waals surface area contributed by atoms with Crippen molar-refractivity contribution in [3.05, 3.63) is 35.4 Å². The summed E-state index contributed by atoms with van der Waals surface area (Å²) in [5, 5.41) is 18.8. The zero-order valence-corrected chi connectivity index (χ0v) is 11.5. The molecule has 0 bridgehead atoms. The fourth-order valence-corrected chi connectivity index (χ4v) is 2.62. The number of β-amino-alcohol motifs (C(OH)–C–C–N with tert-alkyl or cyclic N) is 1. The maximum absolute atomic E-state index is 12.7. The summed E-state index contributed by atoms with van der Waals surface area (Å²) in [5.41, 5.74) is 1.10. The first-order chi connectivity index (χ1) is 9.90. The SMILES string of the molecule is N#Cc1ccc(C(O)CN2CCCC(C(F)(F)F)C2)cc1. The Hall–Kier alpha value is -1.58. The molecular weight excluding hydrogens is 281 g/mol. The van der Waals surface area contributed by atoms with Crippen molar-refractivity contribution in [3.63, 3.8) is 0 Å². The molecule has 0 radical (unpaired) electrons. The van der Waals surface area contributed by atoms with E-state index in [1.54, 1.807) is 29.2 Å². The molecule has 1 aromatic carbocycles. The Morgan fingerprint density at radius 1 is 1.33 bits per heavy atom. The molecule has 1 aliphatic rings. The van der Waals surface area contributed by atoms with E-state index >= 15 is 0 Å². The Balaban J connectivity index is 1.95. The molecule has 0 saturated carbocycles. The van der Waals surface area contributed by atoms with Crippen LogP contribution in [-0.4, -0.2) is 35.8 Å². The van der Waals surface area contributed by atoms with Crippen molar-refractivity contribution in [1.29, 1.82) is 5.26 Å². The lowest BCUT2D eigenvalue weighted by molar-refractivity contribution is -0.187. The first-order valence-corrected chi connectivity index (χ1v) is 6.87. The largest absolute Gasteiger partial charge is 0.393 e. The van der Waals surface area contributed by atoms with Gasteiger partial charge < -0.3 is 5.11 Å². The summed E-state index contributed by atoms with van der Waals surface area (Å²) >= 11 is 0. The monoisotopic (exact) mass is 298 g/mol. The summed E-state index contributed by atoms with van der Waals surface area (Å²) in [5.74, 6) is -1.31. The van der Waals surface area contributed by atoms with Gasteiger partial charge in [0.15, 0.2) is 0 Å². The van der Waals surface area contributed by atoms with E-state index in [2.05, 4.69) is 0 Å². The van der Waals surface area contributed by atoms with Gasteiger partial charge in [0.25, 0.3) is 0 Å². The minimum absolute atomic E-state index is 0.0587. The van der Waals surface area contributed by atoms with Gasteiger partial charge in [-0.3, -0.25) is 4.90 Å². The van der Waals surface area contributed by atoms with Gasteiger partial charge in [0.05, 0.1) is 23.7 Å². The zero-order chi connectivity index (χ0) is 15.5. The molecule has 1 fully saturated rings. The molecule has 6 heteroatoms. The van der Waals surface area contributed by atoms with Gasteiger partial charge in [0, 0.05) is 13.1 Å². The molecule has 0 aliphatic carbocycles. The van der Waals surface area contributed by atoms with Crippen LogP contribution in [0, 0.1) is 17.2 Å². The lowest BCUT2D eigenvalue weighted by Crippen LogP contribution is -2.43. The Morgan fingerprint density at radius 2 is 2.00 bits per heavy atom. The fraction of sp³-hybridized carbons (Fsp3) is 0.533. The van der Waals surface area contributed by atoms with Gasteiger partial charge in [0.1, 0.15) is 0 Å². The second kappa shape index (κ2) is 6.46. The van der Waals surface area contributed by atoms with Crippen molar-refractivity contribution >= 4 is 0 Å². The molecule has 1 aliphatic heterocycles. The van der Waals surface area contributed by atoms with Crippen LogP contribution >= 0.6 is 0 Å². The van der Waals surface area contributed by atoms with E-state index in [0.29, 0.717) is 24.1 Å². The average Bonchev–Trinajstić information content (AvgIpc) is 2.47. The normalized spacial score (nSPS) is 21.8. The summed E-state index contributed by atoms with van der Waals surface area (Å²) in [7, 11) is 0. The molecule has 2 rings (SSSR count). The highest BCUT2D eigenvalue weighted by atomic mass is 19.4. The van der Waals surface area contributed by atoms with Crippen LogP contribution in [0.15, 0.2) is 24.3 Å². The molecular formula is C15H17F3N2O. The highest BCUT2D eigenvalue weighted by Crippen LogP contribution is 2.33. The lowest BCUT2D eigenvalue weighted by atomic mass is 9.96. The van der Waals surface area contributed by atoms with Crippen molar-refractivity contribution in [3.8, 4) is 6.07 Å². The lowest BCUT2D eigenvalue weighted by Gasteiger charge is -2.34. The summed E-state index contributed by atoms with van der Waals surface area (Å²) < 4.78 is 38.2. The van der Waals surface area contributed by atoms with Gasteiger partial charge in [-0.15, -0.1) is 0 Å². The minimum Gasteiger partial charge on any atom is -0.387 e. The highest BCUT2D eigenvalue weighted by Gasteiger charge is 2.41. The predicted molar refractivity (Wildman–Crippen MR) is 71.3 cm³/mol. The number of nitriles is 1. The van der Waals surface area contributed by atoms with Gasteiger partial charge >= 0.3 is 6.18 Å². The van der Waals surface area contributed by atoms with Crippen molar-refractivity contribution in [1.82, 2.24) is 4.90 Å². The summed E-state index contributed by atoms with van der Waals surface area (Å²) in [4.78, 5) is 1.66. The number of hydrogen-bond acceptors (Lipinski definition) is 3. The molecule has 2 atom stereocenters. The molecule has 1 aromatic rings. The third-order valence-corrected chi connectivity index (χ3v) is 3.82. The molecule has 1 saturated heterocycles. The van der Waals surface area contributed by atoms with Crippen molar-refractivity contribution < 1.29 is 18.3 Å². The number of likely N-dealkylation sites (tertiary alicyclic amines) is 1. The van der Waals surface area contributed by atoms with E-state index < -0.39 is 18.2 Å². The van der Waals surface area contributed by atoms with Crippen LogP contribution in [-0.2, 0) is 0 Å². The molecule has 0 aromatic heterocycles. The smallest absolute Gasteiger partial charge is 0.387 e. The van der Waals surface area contributed by atoms with E-state index in [-0.39, 0.29) is 19.5 Å². The van der Waals surface area contributed by atoms with Gasteiger partial charge in [0.2, 0.25) is 0 Å². The standard InChI is InChI=1S/C15H17F3N2O/c16-15(17,18)13-2-1-7-20(9-13)10-14(21)12-5-3-11(8-19)4-6-12/h3-6,13-14,21H,1-2,7,9-10H2. The van der Waals surface area contributed by atoms with Crippen molar-refractivity contribution in [2.24, 2.45) is 5.92 Å². The van der Waals surface area contributed by atoms with E-state index in [4.69, 9.17) is 5.26 Å². The van der Waals surface area contributed by atoms with E-state index in [1.807, 2.05) is 6.07 Å². The van der Waals surface area contributed by atoms with Crippen LogP contribution < -0.4 is 0 Å². The fourth-order valence-electron chi connectivity index (χ4n) is 2.62. The number of piperidine rings is 1. The quantitative estimate of drug-likeness (QED) is 0.933. The van der Waals surface area contributed by atoms with Gasteiger partial charge in [-0.1, -0.05) is 12.1 Å². The maximum atomic E-state index is 12.7. The second-order valence-electron chi connectivity index (χ2n) is 5.39. The number of alkyl halides is 3. The molecule has 1 heterocycles. The topological polar surface area (TPSA) is 47.3 Å². The Kier molecular flexibility index (Phi) is 4.86. The summed E-state index contributed by atoms with van der Waals surface area (Å²) in [6, 6.07) is 8.43. The van der Waals surface area contributed by atoms with E-state index in [1.165, 1.54) is 0 Å². The molecule has 3 nitrogen and oxygen atoms in total. The van der Waals surface area contributed by atoms with Gasteiger partial charge in [-0.2, -0.15) is 18.4 Å². The first-order valence-electron chi connectivity index (χ1n) is 6.87. The van der Waals surface area contributed by atoms with Crippen LogP contribution in [0.25, 0.3) is 0 Å². The Bertz CT molecular complexity index is 507. The van der Waals surface area contributed by atoms with E-state index in [9.17, 15) is 18.3 Å². The zero-order valence-electron chi connectivity index (χ0n) is 11.5. The first kappa shape index (κ1) is 15.8.